The van der Waals surface area contributed by atoms with Crippen molar-refractivity contribution in [2.75, 3.05) is 19.0 Å². The number of hydrazone groups is 1. The van der Waals surface area contributed by atoms with E-state index in [1.165, 1.54) is 6.21 Å². The van der Waals surface area contributed by atoms with Crippen molar-refractivity contribution in [2.24, 2.45) is 5.10 Å². The van der Waals surface area contributed by atoms with Crippen molar-refractivity contribution in [1.29, 1.82) is 0 Å². The van der Waals surface area contributed by atoms with E-state index in [4.69, 9.17) is 34.8 Å². The second-order valence-corrected chi connectivity index (χ2v) is 8.57. The minimum atomic E-state index is -0.617. The zero-order chi connectivity index (χ0) is 24.7. The molecule has 3 rings (SSSR count). The average Bonchev–Trinajstić information content (AvgIpc) is 2.81. The van der Waals surface area contributed by atoms with Crippen molar-refractivity contribution in [3.05, 3.63) is 104 Å². The first-order valence-corrected chi connectivity index (χ1v) is 11.2. The number of carbonyl (C=O) groups excluding carboxylic acids is 2. The molecule has 6 nitrogen and oxygen atoms in total. The van der Waals surface area contributed by atoms with Gasteiger partial charge in [0.05, 0.1) is 26.8 Å². The molecule has 0 fully saturated rings. The first kappa shape index (κ1) is 25.3. The molecule has 2 amide bonds. The van der Waals surface area contributed by atoms with Crippen molar-refractivity contribution in [3.8, 4) is 0 Å². The number of rotatable bonds is 7. The molecule has 0 aromatic heterocycles. The number of nitrogens with zero attached hydrogens (tertiary/aromatic N) is 2. The highest BCUT2D eigenvalue weighted by atomic mass is 35.5. The van der Waals surface area contributed by atoms with Crippen LogP contribution in [0.1, 0.15) is 21.5 Å². The predicted octanol–water partition coefficient (Wildman–Crippen LogP) is 5.63. The molecular weight excluding hydrogens is 495 g/mol. The number of hydrogen-bond acceptors (Lipinski definition) is 4. The summed E-state index contributed by atoms with van der Waals surface area (Å²) in [6, 6.07) is 19.0. The molecule has 0 radical (unpaired) electrons. The first-order chi connectivity index (χ1) is 16.2. The van der Waals surface area contributed by atoms with Gasteiger partial charge in [-0.05, 0) is 53.6 Å². The van der Waals surface area contributed by atoms with Gasteiger partial charge in [0.1, 0.15) is 5.70 Å². The van der Waals surface area contributed by atoms with Crippen molar-refractivity contribution < 1.29 is 9.59 Å². The van der Waals surface area contributed by atoms with E-state index < -0.39 is 11.8 Å². The fourth-order valence-electron chi connectivity index (χ4n) is 2.85. The van der Waals surface area contributed by atoms with Crippen LogP contribution in [0.15, 0.2) is 77.5 Å². The highest BCUT2D eigenvalue weighted by Crippen LogP contribution is 2.22. The molecule has 0 heterocycles. The Morgan fingerprint density at radius 1 is 0.853 bits per heavy atom. The summed E-state index contributed by atoms with van der Waals surface area (Å²) in [5, 5.41) is 7.64. The average molecular weight is 516 g/mol. The lowest BCUT2D eigenvalue weighted by atomic mass is 10.1. The standard InChI is InChI=1S/C25H21Cl3N4O2/c1-32(2)18-10-7-16(8-11-18)14-23(30-24(33)19-5-3-4-6-20(19)26)25(34)31-29-15-17-9-12-21(27)22(28)13-17/h3-15H,1-2H3,(H,30,33)(H,31,34)/b23-14+,29-15-. The molecule has 0 atom stereocenters. The lowest BCUT2D eigenvalue weighted by Crippen LogP contribution is -2.33. The summed E-state index contributed by atoms with van der Waals surface area (Å²) < 4.78 is 0. The van der Waals surface area contributed by atoms with Crippen molar-refractivity contribution in [1.82, 2.24) is 10.7 Å². The molecule has 0 saturated heterocycles. The van der Waals surface area contributed by atoms with E-state index in [1.807, 2.05) is 43.3 Å². The topological polar surface area (TPSA) is 73.8 Å². The van der Waals surface area contributed by atoms with E-state index in [0.717, 1.165) is 5.69 Å². The Bertz CT molecular complexity index is 1260. The molecule has 3 aromatic carbocycles. The molecule has 0 saturated carbocycles. The third-order valence-electron chi connectivity index (χ3n) is 4.66. The molecular formula is C25H21Cl3N4O2. The van der Waals surface area contributed by atoms with Crippen LogP contribution in [0.2, 0.25) is 15.1 Å². The molecule has 0 unspecified atom stereocenters. The Labute approximate surface area is 212 Å². The van der Waals surface area contributed by atoms with E-state index in [0.29, 0.717) is 21.2 Å². The predicted molar refractivity (Wildman–Crippen MR) is 140 cm³/mol. The van der Waals surface area contributed by atoms with Crippen LogP contribution < -0.4 is 15.6 Å². The highest BCUT2D eigenvalue weighted by Gasteiger charge is 2.16. The quantitative estimate of drug-likeness (QED) is 0.243. The summed E-state index contributed by atoms with van der Waals surface area (Å²) in [5.74, 6) is -1.14. The Kier molecular flexibility index (Phi) is 8.71. The normalized spacial score (nSPS) is 11.4. The number of carbonyl (C=O) groups is 2. The van der Waals surface area contributed by atoms with Gasteiger partial charge < -0.3 is 10.2 Å². The van der Waals surface area contributed by atoms with Crippen molar-refractivity contribution in [2.45, 2.75) is 0 Å². The number of nitrogens with one attached hydrogen (secondary N) is 2. The second-order valence-electron chi connectivity index (χ2n) is 7.35. The third-order valence-corrected chi connectivity index (χ3v) is 5.72. The first-order valence-electron chi connectivity index (χ1n) is 10.1. The molecule has 2 N–H and O–H groups in total. The lowest BCUT2D eigenvalue weighted by molar-refractivity contribution is -0.117. The molecule has 0 aliphatic heterocycles. The molecule has 0 aliphatic carbocycles. The van der Waals surface area contributed by atoms with Crippen LogP contribution in [0.4, 0.5) is 5.69 Å². The molecule has 0 aliphatic rings. The van der Waals surface area contributed by atoms with E-state index in [-0.39, 0.29) is 16.3 Å². The fraction of sp³-hybridized carbons (Fsp3) is 0.0800. The molecule has 9 heteroatoms. The summed E-state index contributed by atoms with van der Waals surface area (Å²) >= 11 is 18.1. The highest BCUT2D eigenvalue weighted by molar-refractivity contribution is 6.42. The van der Waals surface area contributed by atoms with Gasteiger partial charge in [-0.25, -0.2) is 5.43 Å². The third kappa shape index (κ3) is 6.84. The van der Waals surface area contributed by atoms with Crippen LogP contribution in [0.3, 0.4) is 0 Å². The van der Waals surface area contributed by atoms with Gasteiger partial charge in [-0.3, -0.25) is 9.59 Å². The number of benzene rings is 3. The largest absolute Gasteiger partial charge is 0.378 e. The molecule has 0 spiro atoms. The van der Waals surface area contributed by atoms with Gasteiger partial charge in [0.15, 0.2) is 0 Å². The van der Waals surface area contributed by atoms with Gasteiger partial charge in [0, 0.05) is 19.8 Å². The Morgan fingerprint density at radius 2 is 1.53 bits per heavy atom. The van der Waals surface area contributed by atoms with Gasteiger partial charge in [-0.1, -0.05) is 65.1 Å². The van der Waals surface area contributed by atoms with Crippen LogP contribution in [0.25, 0.3) is 6.08 Å². The van der Waals surface area contributed by atoms with E-state index in [1.54, 1.807) is 48.5 Å². The summed E-state index contributed by atoms with van der Waals surface area (Å²) in [4.78, 5) is 27.6. The van der Waals surface area contributed by atoms with Gasteiger partial charge in [-0.2, -0.15) is 5.10 Å². The maximum Gasteiger partial charge on any atom is 0.287 e. The van der Waals surface area contributed by atoms with Gasteiger partial charge in [0.2, 0.25) is 0 Å². The van der Waals surface area contributed by atoms with Gasteiger partial charge >= 0.3 is 0 Å². The summed E-state index contributed by atoms with van der Waals surface area (Å²) in [7, 11) is 3.86. The Balaban J connectivity index is 1.84. The zero-order valence-corrected chi connectivity index (χ0v) is 20.6. The number of anilines is 1. The summed E-state index contributed by atoms with van der Waals surface area (Å²) in [6.07, 6.45) is 2.97. The van der Waals surface area contributed by atoms with Gasteiger partial charge in [0.25, 0.3) is 11.8 Å². The van der Waals surface area contributed by atoms with Gasteiger partial charge in [-0.15, -0.1) is 0 Å². The van der Waals surface area contributed by atoms with Crippen molar-refractivity contribution >= 4 is 64.6 Å². The smallest absolute Gasteiger partial charge is 0.287 e. The Morgan fingerprint density at radius 3 is 2.18 bits per heavy atom. The lowest BCUT2D eigenvalue weighted by Gasteiger charge is -2.13. The van der Waals surface area contributed by atoms with Crippen molar-refractivity contribution in [3.63, 3.8) is 0 Å². The number of hydrogen-bond donors (Lipinski definition) is 2. The number of amides is 2. The zero-order valence-electron chi connectivity index (χ0n) is 18.4. The maximum absolute atomic E-state index is 12.9. The van der Waals surface area contributed by atoms with E-state index in [9.17, 15) is 9.59 Å². The van der Waals surface area contributed by atoms with Crippen LogP contribution in [0, 0.1) is 0 Å². The van der Waals surface area contributed by atoms with E-state index >= 15 is 0 Å². The fourth-order valence-corrected chi connectivity index (χ4v) is 3.38. The Hall–Kier alpha value is -3.32. The SMILES string of the molecule is CN(C)c1ccc(/C=C(/NC(=O)c2ccccc2Cl)C(=O)N/N=C\c2ccc(Cl)c(Cl)c2)cc1. The summed E-state index contributed by atoms with van der Waals surface area (Å²) in [6.45, 7) is 0. The number of halogens is 3. The van der Waals surface area contributed by atoms with Crippen LogP contribution in [-0.4, -0.2) is 32.1 Å². The van der Waals surface area contributed by atoms with Crippen LogP contribution in [-0.2, 0) is 4.79 Å². The minimum absolute atomic E-state index is 0.00573. The molecule has 0 bridgehead atoms. The van der Waals surface area contributed by atoms with E-state index in [2.05, 4.69) is 15.8 Å². The summed E-state index contributed by atoms with van der Waals surface area (Å²) in [5.41, 5.74) is 5.00. The maximum atomic E-state index is 12.9. The molecule has 3 aromatic rings. The van der Waals surface area contributed by atoms with Crippen LogP contribution in [0.5, 0.6) is 0 Å². The van der Waals surface area contributed by atoms with Crippen LogP contribution >= 0.6 is 34.8 Å². The second kappa shape index (κ2) is 11.7. The minimum Gasteiger partial charge on any atom is -0.378 e. The molecule has 174 valence electrons. The monoisotopic (exact) mass is 514 g/mol. The molecule has 34 heavy (non-hydrogen) atoms.